The van der Waals surface area contributed by atoms with Gasteiger partial charge in [0.25, 0.3) is 0 Å². The molecule has 1 N–H and O–H groups in total. The van der Waals surface area contributed by atoms with Gasteiger partial charge in [-0.3, -0.25) is 4.79 Å². The van der Waals surface area contributed by atoms with Crippen molar-refractivity contribution in [2.24, 2.45) is 5.92 Å². The van der Waals surface area contributed by atoms with Gasteiger partial charge in [-0.1, -0.05) is 84.9 Å². The number of fused-ring (bicyclic) bond motifs is 1. The van der Waals surface area contributed by atoms with Crippen LogP contribution in [0.1, 0.15) is 33.7 Å². The molecule has 0 saturated heterocycles. The summed E-state index contributed by atoms with van der Waals surface area (Å²) in [5.74, 6) is 1.49. The standard InChI is InChI=1S/C26H23N3O2/c30-18-19-9-7-8-14-23(19)25-28-27-24-17-22(15-16-29(24)25)26(31,20-10-3-1-4-11-20)21-12-5-2-6-13-21/h1-14,18,22,31H,15-17H2. The second-order valence-electron chi connectivity index (χ2n) is 7.98. The maximum atomic E-state index is 12.1. The molecule has 5 rings (SSSR count). The zero-order valence-electron chi connectivity index (χ0n) is 17.1. The van der Waals surface area contributed by atoms with Crippen LogP contribution in [-0.4, -0.2) is 26.2 Å². The molecule has 1 aromatic heterocycles. The lowest BCUT2D eigenvalue weighted by Crippen LogP contribution is -2.40. The Morgan fingerprint density at radius 3 is 2.13 bits per heavy atom. The van der Waals surface area contributed by atoms with E-state index in [0.717, 1.165) is 35.2 Å². The molecular formula is C26H23N3O2. The lowest BCUT2D eigenvalue weighted by molar-refractivity contribution is 0.00417. The molecule has 3 aromatic carbocycles. The van der Waals surface area contributed by atoms with Gasteiger partial charge in [-0.2, -0.15) is 0 Å². The summed E-state index contributed by atoms with van der Waals surface area (Å²) in [6.45, 7) is 0.678. The molecule has 0 saturated carbocycles. The first-order valence-corrected chi connectivity index (χ1v) is 10.5. The summed E-state index contributed by atoms with van der Waals surface area (Å²) in [6, 6.07) is 27.1. The lowest BCUT2D eigenvalue weighted by Gasteiger charge is -2.39. The van der Waals surface area contributed by atoms with Gasteiger partial charge in [0.2, 0.25) is 0 Å². The average molecular weight is 409 g/mol. The van der Waals surface area contributed by atoms with E-state index in [1.165, 1.54) is 0 Å². The summed E-state index contributed by atoms with van der Waals surface area (Å²) in [5.41, 5.74) is 2.03. The molecule has 1 atom stereocenters. The van der Waals surface area contributed by atoms with Crippen molar-refractivity contribution in [2.75, 3.05) is 0 Å². The lowest BCUT2D eigenvalue weighted by atomic mass is 9.72. The number of hydrogen-bond acceptors (Lipinski definition) is 4. The van der Waals surface area contributed by atoms with E-state index in [0.29, 0.717) is 24.4 Å². The van der Waals surface area contributed by atoms with Crippen LogP contribution in [-0.2, 0) is 18.6 Å². The minimum absolute atomic E-state index is 0.0526. The molecule has 4 aromatic rings. The number of carbonyl (C=O) groups excluding carboxylic acids is 1. The van der Waals surface area contributed by atoms with Gasteiger partial charge in [0.15, 0.2) is 12.1 Å². The number of carbonyl (C=O) groups is 1. The van der Waals surface area contributed by atoms with Crippen LogP contribution in [0, 0.1) is 5.92 Å². The van der Waals surface area contributed by atoms with E-state index in [2.05, 4.69) is 14.8 Å². The third-order valence-electron chi connectivity index (χ3n) is 6.30. The highest BCUT2D eigenvalue weighted by Gasteiger charge is 2.42. The minimum atomic E-state index is -1.12. The van der Waals surface area contributed by atoms with Crippen molar-refractivity contribution in [3.63, 3.8) is 0 Å². The highest BCUT2D eigenvalue weighted by atomic mass is 16.3. The van der Waals surface area contributed by atoms with Gasteiger partial charge in [0, 0.05) is 30.0 Å². The van der Waals surface area contributed by atoms with Crippen molar-refractivity contribution in [3.8, 4) is 11.4 Å². The third-order valence-corrected chi connectivity index (χ3v) is 6.30. The Kier molecular flexibility index (Phi) is 4.96. The van der Waals surface area contributed by atoms with Crippen molar-refractivity contribution < 1.29 is 9.90 Å². The molecular weight excluding hydrogens is 386 g/mol. The van der Waals surface area contributed by atoms with E-state index < -0.39 is 5.60 Å². The van der Waals surface area contributed by atoms with Crippen molar-refractivity contribution in [2.45, 2.75) is 25.0 Å². The predicted octanol–water partition coefficient (Wildman–Crippen LogP) is 4.26. The molecule has 154 valence electrons. The Morgan fingerprint density at radius 1 is 0.871 bits per heavy atom. The van der Waals surface area contributed by atoms with Crippen LogP contribution in [0.15, 0.2) is 84.9 Å². The fraction of sp³-hybridized carbons (Fsp3) is 0.192. The number of aliphatic hydroxyl groups is 1. The van der Waals surface area contributed by atoms with Gasteiger partial charge >= 0.3 is 0 Å². The minimum Gasteiger partial charge on any atom is -0.380 e. The summed E-state index contributed by atoms with van der Waals surface area (Å²) in [4.78, 5) is 11.5. The number of aldehydes is 1. The normalized spacial score (nSPS) is 16.0. The van der Waals surface area contributed by atoms with Crippen LogP contribution in [0.25, 0.3) is 11.4 Å². The molecule has 0 aliphatic carbocycles. The molecule has 1 aliphatic heterocycles. The van der Waals surface area contributed by atoms with Crippen molar-refractivity contribution in [3.05, 3.63) is 107 Å². The summed E-state index contributed by atoms with van der Waals surface area (Å²) in [7, 11) is 0. The van der Waals surface area contributed by atoms with E-state index in [-0.39, 0.29) is 5.92 Å². The Labute approximate surface area is 181 Å². The predicted molar refractivity (Wildman–Crippen MR) is 119 cm³/mol. The Bertz CT molecular complexity index is 1160. The maximum absolute atomic E-state index is 12.1. The van der Waals surface area contributed by atoms with Crippen LogP contribution in [0.4, 0.5) is 0 Å². The van der Waals surface area contributed by atoms with Gasteiger partial charge in [-0.15, -0.1) is 10.2 Å². The molecule has 1 unspecified atom stereocenters. The Balaban J connectivity index is 1.55. The monoisotopic (exact) mass is 409 g/mol. The molecule has 5 heteroatoms. The molecule has 0 spiro atoms. The number of benzene rings is 3. The van der Waals surface area contributed by atoms with Crippen molar-refractivity contribution in [1.29, 1.82) is 0 Å². The number of hydrogen-bond donors (Lipinski definition) is 1. The van der Waals surface area contributed by atoms with Gasteiger partial charge in [-0.05, 0) is 17.5 Å². The van der Waals surface area contributed by atoms with Crippen LogP contribution >= 0.6 is 0 Å². The first-order valence-electron chi connectivity index (χ1n) is 10.5. The van der Waals surface area contributed by atoms with E-state index in [9.17, 15) is 9.90 Å². The van der Waals surface area contributed by atoms with Gasteiger partial charge in [0.05, 0.1) is 0 Å². The highest BCUT2D eigenvalue weighted by Crippen LogP contribution is 2.42. The molecule has 1 aliphatic rings. The molecule has 0 bridgehead atoms. The first kappa shape index (κ1) is 19.4. The van der Waals surface area contributed by atoms with E-state index in [4.69, 9.17) is 0 Å². The molecule has 31 heavy (non-hydrogen) atoms. The maximum Gasteiger partial charge on any atom is 0.164 e. The van der Waals surface area contributed by atoms with Gasteiger partial charge in [-0.25, -0.2) is 0 Å². The number of aromatic nitrogens is 3. The largest absolute Gasteiger partial charge is 0.380 e. The Hall–Kier alpha value is -3.57. The Morgan fingerprint density at radius 2 is 1.48 bits per heavy atom. The van der Waals surface area contributed by atoms with Gasteiger partial charge < -0.3 is 9.67 Å². The number of nitrogens with zero attached hydrogens (tertiary/aromatic N) is 3. The van der Waals surface area contributed by atoms with E-state index in [1.807, 2.05) is 78.9 Å². The summed E-state index contributed by atoms with van der Waals surface area (Å²) in [6.07, 6.45) is 2.21. The summed E-state index contributed by atoms with van der Waals surface area (Å²) >= 11 is 0. The molecule has 0 radical (unpaired) electrons. The molecule has 2 heterocycles. The van der Waals surface area contributed by atoms with Crippen LogP contribution < -0.4 is 0 Å². The fourth-order valence-corrected chi connectivity index (χ4v) is 4.71. The topological polar surface area (TPSA) is 68.0 Å². The number of rotatable bonds is 5. The van der Waals surface area contributed by atoms with Crippen molar-refractivity contribution >= 4 is 6.29 Å². The average Bonchev–Trinajstić information content (AvgIpc) is 3.27. The molecule has 0 fully saturated rings. The quantitative estimate of drug-likeness (QED) is 0.500. The second kappa shape index (κ2) is 7.93. The van der Waals surface area contributed by atoms with Crippen molar-refractivity contribution in [1.82, 2.24) is 14.8 Å². The summed E-state index contributed by atoms with van der Waals surface area (Å²) < 4.78 is 2.08. The SMILES string of the molecule is O=Cc1ccccc1-c1nnc2n1CCC(C(O)(c1ccccc1)c1ccccc1)C2. The van der Waals surface area contributed by atoms with Crippen LogP contribution in [0.3, 0.4) is 0 Å². The zero-order chi connectivity index (χ0) is 21.3. The van der Waals surface area contributed by atoms with Crippen LogP contribution in [0.2, 0.25) is 0 Å². The third kappa shape index (κ3) is 3.27. The van der Waals surface area contributed by atoms with E-state index >= 15 is 0 Å². The van der Waals surface area contributed by atoms with Crippen LogP contribution in [0.5, 0.6) is 0 Å². The summed E-state index contributed by atoms with van der Waals surface area (Å²) in [5, 5.41) is 21.0. The smallest absolute Gasteiger partial charge is 0.164 e. The fourth-order valence-electron chi connectivity index (χ4n) is 4.71. The molecule has 0 amide bonds. The zero-order valence-corrected chi connectivity index (χ0v) is 17.1. The first-order chi connectivity index (χ1) is 15.2. The van der Waals surface area contributed by atoms with Gasteiger partial charge in [0.1, 0.15) is 11.4 Å². The molecule has 5 nitrogen and oxygen atoms in total. The second-order valence-corrected chi connectivity index (χ2v) is 7.98. The van der Waals surface area contributed by atoms with E-state index in [1.54, 1.807) is 6.07 Å². The highest BCUT2D eigenvalue weighted by molar-refractivity contribution is 5.85.